The van der Waals surface area contributed by atoms with E-state index >= 15 is 0 Å². The fourth-order valence-corrected chi connectivity index (χ4v) is 0.952. The van der Waals surface area contributed by atoms with Gasteiger partial charge < -0.3 is 9.51 Å². The minimum atomic E-state index is -0.544. The van der Waals surface area contributed by atoms with Gasteiger partial charge in [-0.2, -0.15) is 0 Å². The fourth-order valence-electron chi connectivity index (χ4n) is 0.952. The number of aromatic amines is 2. The van der Waals surface area contributed by atoms with Crippen molar-refractivity contribution in [3.8, 4) is 11.3 Å². The highest BCUT2D eigenvalue weighted by molar-refractivity contribution is 5.54. The summed E-state index contributed by atoms with van der Waals surface area (Å²) in [5, 5.41) is 3.56. The van der Waals surface area contributed by atoms with Gasteiger partial charge in [0.15, 0.2) is 0 Å². The topological polar surface area (TPSA) is 91.8 Å². The van der Waals surface area contributed by atoms with Crippen LogP contribution >= 0.6 is 0 Å². The number of H-pyrrole nitrogens is 2. The molecule has 6 heteroatoms. The summed E-state index contributed by atoms with van der Waals surface area (Å²) in [6.45, 7) is 0. The molecule has 0 fully saturated rings. The van der Waals surface area contributed by atoms with E-state index in [0.29, 0.717) is 5.69 Å². The minimum absolute atomic E-state index is 0.272. The molecule has 2 heterocycles. The molecule has 2 rings (SSSR count). The van der Waals surface area contributed by atoms with E-state index in [0.717, 1.165) is 0 Å². The van der Waals surface area contributed by atoms with Crippen molar-refractivity contribution >= 4 is 0 Å². The van der Waals surface area contributed by atoms with E-state index in [-0.39, 0.29) is 5.56 Å². The number of nitrogens with one attached hydrogen (secondary N) is 2. The molecule has 2 aromatic heterocycles. The zero-order valence-electron chi connectivity index (χ0n) is 6.40. The van der Waals surface area contributed by atoms with Gasteiger partial charge in [-0.3, -0.25) is 9.78 Å². The first-order valence-electron chi connectivity index (χ1n) is 3.50. The number of hydrogen-bond acceptors (Lipinski definition) is 4. The van der Waals surface area contributed by atoms with Gasteiger partial charge in [-0.25, -0.2) is 4.79 Å². The number of rotatable bonds is 1. The number of hydrogen-bond donors (Lipinski definition) is 2. The van der Waals surface area contributed by atoms with Crippen molar-refractivity contribution in [2.45, 2.75) is 0 Å². The zero-order chi connectivity index (χ0) is 9.26. The van der Waals surface area contributed by atoms with Gasteiger partial charge >= 0.3 is 5.69 Å². The van der Waals surface area contributed by atoms with E-state index in [4.69, 9.17) is 0 Å². The third kappa shape index (κ3) is 1.28. The van der Waals surface area contributed by atoms with Crippen LogP contribution in [0.4, 0.5) is 0 Å². The Kier molecular flexibility index (Phi) is 1.59. The highest BCUT2D eigenvalue weighted by atomic mass is 16.5. The van der Waals surface area contributed by atoms with Crippen molar-refractivity contribution in [1.82, 2.24) is 15.1 Å². The molecule has 0 saturated heterocycles. The molecule has 0 aliphatic heterocycles. The average molecular weight is 179 g/mol. The van der Waals surface area contributed by atoms with Crippen molar-refractivity contribution in [1.29, 1.82) is 0 Å². The van der Waals surface area contributed by atoms with Crippen LogP contribution in [0, 0.1) is 0 Å². The highest BCUT2D eigenvalue weighted by Gasteiger charge is 2.05. The Morgan fingerprint density at radius 3 is 2.85 bits per heavy atom. The van der Waals surface area contributed by atoms with Crippen molar-refractivity contribution in [2.24, 2.45) is 0 Å². The van der Waals surface area contributed by atoms with Gasteiger partial charge in [0.1, 0.15) is 12.0 Å². The van der Waals surface area contributed by atoms with Crippen molar-refractivity contribution in [2.75, 3.05) is 0 Å². The Balaban J connectivity index is 2.67. The van der Waals surface area contributed by atoms with Crippen LogP contribution in [0.25, 0.3) is 11.3 Å². The third-order valence-electron chi connectivity index (χ3n) is 1.53. The van der Waals surface area contributed by atoms with Gasteiger partial charge in [0.05, 0.1) is 5.56 Å². The summed E-state index contributed by atoms with van der Waals surface area (Å²) in [5.74, 6) is 0. The molecule has 0 spiro atoms. The standard InChI is InChI=1S/C7H5N3O3/c11-6-4(3-8-7(12)9-6)5-1-2-13-10-5/h1-3H,(H2,8,9,11,12). The summed E-state index contributed by atoms with van der Waals surface area (Å²) in [4.78, 5) is 26.3. The van der Waals surface area contributed by atoms with E-state index in [1.165, 1.54) is 18.5 Å². The summed E-state index contributed by atoms with van der Waals surface area (Å²) >= 11 is 0. The Bertz CT molecular complexity index is 508. The molecule has 0 amide bonds. The lowest BCUT2D eigenvalue weighted by Gasteiger charge is -1.90. The molecule has 0 bridgehead atoms. The van der Waals surface area contributed by atoms with Crippen LogP contribution in [-0.4, -0.2) is 15.1 Å². The van der Waals surface area contributed by atoms with Crippen LogP contribution in [0.2, 0.25) is 0 Å². The SMILES string of the molecule is O=c1[nH]cc(-c2ccon2)c(=O)[nH]1. The maximum Gasteiger partial charge on any atom is 0.325 e. The molecular formula is C7H5N3O3. The van der Waals surface area contributed by atoms with Crippen LogP contribution < -0.4 is 11.2 Å². The van der Waals surface area contributed by atoms with E-state index in [1.54, 1.807) is 0 Å². The summed E-state index contributed by atoms with van der Waals surface area (Å²) in [6.07, 6.45) is 2.64. The molecule has 0 radical (unpaired) electrons. The van der Waals surface area contributed by atoms with E-state index in [2.05, 4.69) is 19.6 Å². The number of nitrogens with zero attached hydrogens (tertiary/aromatic N) is 1. The summed E-state index contributed by atoms with van der Waals surface area (Å²) in [7, 11) is 0. The van der Waals surface area contributed by atoms with Gasteiger partial charge in [-0.15, -0.1) is 0 Å². The van der Waals surface area contributed by atoms with E-state index in [1.807, 2.05) is 0 Å². The second kappa shape index (κ2) is 2.74. The number of aromatic nitrogens is 3. The average Bonchev–Trinajstić information content (AvgIpc) is 2.56. The first kappa shape index (κ1) is 7.53. The monoisotopic (exact) mass is 179 g/mol. The van der Waals surface area contributed by atoms with Gasteiger partial charge in [0.2, 0.25) is 0 Å². The van der Waals surface area contributed by atoms with Crippen LogP contribution in [0.5, 0.6) is 0 Å². The summed E-state index contributed by atoms with van der Waals surface area (Å²) in [5.41, 5.74) is -0.374. The van der Waals surface area contributed by atoms with Crippen LogP contribution in [-0.2, 0) is 0 Å². The molecule has 0 unspecified atom stereocenters. The Labute approximate surface area is 71.2 Å². The lowest BCUT2D eigenvalue weighted by molar-refractivity contribution is 0.422. The molecule has 2 aromatic rings. The molecule has 2 N–H and O–H groups in total. The summed E-state index contributed by atoms with van der Waals surface area (Å²) < 4.78 is 4.56. The van der Waals surface area contributed by atoms with Crippen molar-refractivity contribution in [3.63, 3.8) is 0 Å². The molecule has 6 nitrogen and oxygen atoms in total. The Morgan fingerprint density at radius 2 is 2.23 bits per heavy atom. The molecule has 13 heavy (non-hydrogen) atoms. The lowest BCUT2D eigenvalue weighted by atomic mass is 10.2. The Morgan fingerprint density at radius 1 is 1.38 bits per heavy atom. The predicted octanol–water partition coefficient (Wildman–Crippen LogP) is -0.282. The van der Waals surface area contributed by atoms with Crippen molar-refractivity contribution < 1.29 is 4.52 Å². The maximum absolute atomic E-state index is 11.2. The highest BCUT2D eigenvalue weighted by Crippen LogP contribution is 2.08. The molecular weight excluding hydrogens is 174 g/mol. The molecule has 66 valence electrons. The molecule has 0 saturated carbocycles. The maximum atomic E-state index is 11.2. The van der Waals surface area contributed by atoms with Crippen LogP contribution in [0.3, 0.4) is 0 Å². The predicted molar refractivity (Wildman–Crippen MR) is 43.2 cm³/mol. The smallest absolute Gasteiger partial charge is 0.325 e. The van der Waals surface area contributed by atoms with Crippen molar-refractivity contribution in [3.05, 3.63) is 39.4 Å². The van der Waals surface area contributed by atoms with Gasteiger partial charge in [-0.1, -0.05) is 5.16 Å². The van der Waals surface area contributed by atoms with Gasteiger partial charge in [0.25, 0.3) is 5.56 Å². The molecule has 0 aromatic carbocycles. The first-order chi connectivity index (χ1) is 6.27. The second-order valence-corrected chi connectivity index (χ2v) is 2.37. The van der Waals surface area contributed by atoms with Crippen LogP contribution in [0.1, 0.15) is 0 Å². The van der Waals surface area contributed by atoms with E-state index in [9.17, 15) is 9.59 Å². The largest absolute Gasteiger partial charge is 0.364 e. The first-order valence-corrected chi connectivity index (χ1v) is 3.50. The quantitative estimate of drug-likeness (QED) is 0.629. The van der Waals surface area contributed by atoms with E-state index < -0.39 is 11.2 Å². The zero-order valence-corrected chi connectivity index (χ0v) is 6.40. The van der Waals surface area contributed by atoms with Gasteiger partial charge in [0, 0.05) is 12.3 Å². The van der Waals surface area contributed by atoms with Crippen LogP contribution in [0.15, 0.2) is 32.6 Å². The minimum Gasteiger partial charge on any atom is -0.364 e. The molecule has 0 aliphatic rings. The molecule has 0 atom stereocenters. The third-order valence-corrected chi connectivity index (χ3v) is 1.53. The summed E-state index contributed by atoms with van der Waals surface area (Å²) in [6, 6.07) is 1.53. The second-order valence-electron chi connectivity index (χ2n) is 2.37. The molecule has 0 aliphatic carbocycles. The van der Waals surface area contributed by atoms with Gasteiger partial charge in [-0.05, 0) is 0 Å². The normalized spacial score (nSPS) is 10.2. The fraction of sp³-hybridized carbons (Fsp3) is 0. The lowest BCUT2D eigenvalue weighted by Crippen LogP contribution is -2.22. The Hall–Kier alpha value is -2.11.